The van der Waals surface area contributed by atoms with E-state index in [2.05, 4.69) is 21.2 Å². The van der Waals surface area contributed by atoms with Gasteiger partial charge in [-0.2, -0.15) is 5.26 Å². The number of pyridine rings is 1. The summed E-state index contributed by atoms with van der Waals surface area (Å²) >= 11 is 0. The zero-order valence-corrected chi connectivity index (χ0v) is 24.8. The van der Waals surface area contributed by atoms with Gasteiger partial charge in [-0.25, -0.2) is 24.0 Å². The van der Waals surface area contributed by atoms with Gasteiger partial charge in [0, 0.05) is 37.5 Å². The number of hydrogen-bond donors (Lipinski definition) is 0. The molecule has 4 heterocycles. The molecule has 4 aromatic rings. The summed E-state index contributed by atoms with van der Waals surface area (Å²) in [6.45, 7) is 8.55. The van der Waals surface area contributed by atoms with Gasteiger partial charge in [-0.15, -0.1) is 4.91 Å². The van der Waals surface area contributed by atoms with Crippen molar-refractivity contribution >= 4 is 39.8 Å². The molecule has 5 rings (SSSR count). The number of esters is 1. The van der Waals surface area contributed by atoms with Crippen LogP contribution in [-0.2, 0) is 20.7 Å². The molecule has 12 nitrogen and oxygen atoms in total. The zero-order chi connectivity index (χ0) is 30.7. The van der Waals surface area contributed by atoms with E-state index in [-0.39, 0.29) is 6.42 Å². The number of rotatable bonds is 8. The molecule has 0 N–H and O–H groups in total. The Kier molecular flexibility index (Phi) is 8.43. The number of benzene rings is 1. The van der Waals surface area contributed by atoms with Gasteiger partial charge in [0.1, 0.15) is 22.3 Å². The molecule has 0 aliphatic carbocycles. The summed E-state index contributed by atoms with van der Waals surface area (Å²) in [4.78, 5) is 46.4. The summed E-state index contributed by atoms with van der Waals surface area (Å²) in [5.74, 6) is 0.406. The smallest absolute Gasteiger partial charge is 0.420 e. The molecule has 1 atom stereocenters. The Morgan fingerprint density at radius 2 is 1.93 bits per heavy atom. The van der Waals surface area contributed by atoms with E-state index < -0.39 is 23.8 Å². The van der Waals surface area contributed by atoms with Crippen LogP contribution in [0.2, 0.25) is 0 Å². The summed E-state index contributed by atoms with van der Waals surface area (Å²) in [6, 6.07) is 11.0. The Morgan fingerprint density at radius 3 is 2.63 bits per heavy atom. The Morgan fingerprint density at radius 1 is 1.19 bits per heavy atom. The lowest BCUT2D eigenvalue weighted by molar-refractivity contribution is -0.149. The highest BCUT2D eigenvalue weighted by Gasteiger charge is 2.29. The maximum Gasteiger partial charge on any atom is 0.420 e. The first kappa shape index (κ1) is 29.7. The standard InChI is InChI=1S/C31H35N7O5/c1-20(42-26(39)10-9-22-7-5-6-8-24(22)35-41)28-34-25-19-33-29-23(14-18-37(29)30(40)43-31(2,3)4)27(25)38(28)36-16-12-21(11-15-32)13-17-36/h5-8,14,18-21H,9-13,16-17H2,1-4H3/t20-/m1/s1. The van der Waals surface area contributed by atoms with E-state index in [0.717, 1.165) is 18.4 Å². The number of aryl methyl sites for hydroxylation is 1. The predicted octanol–water partition coefficient (Wildman–Crippen LogP) is 6.07. The fourth-order valence-electron chi connectivity index (χ4n) is 5.47. The minimum atomic E-state index is -0.709. The van der Waals surface area contributed by atoms with Crippen LogP contribution in [0.5, 0.6) is 0 Å². The van der Waals surface area contributed by atoms with E-state index in [0.29, 0.717) is 65.5 Å². The van der Waals surface area contributed by atoms with E-state index in [9.17, 15) is 19.8 Å². The monoisotopic (exact) mass is 585 g/mol. The first-order valence-electron chi connectivity index (χ1n) is 14.4. The molecule has 0 spiro atoms. The minimum Gasteiger partial charge on any atom is -0.454 e. The number of nitroso groups, excluding NO2 is 1. The molecule has 0 unspecified atom stereocenters. The molecule has 3 aromatic heterocycles. The Balaban J connectivity index is 1.48. The van der Waals surface area contributed by atoms with Crippen LogP contribution in [0.1, 0.15) is 70.9 Å². The Hall–Kier alpha value is -4.79. The number of ether oxygens (including phenoxy) is 2. The van der Waals surface area contributed by atoms with Gasteiger partial charge in [0.05, 0.1) is 12.3 Å². The molecule has 0 saturated carbocycles. The number of nitrogens with zero attached hydrogens (tertiary/aromatic N) is 7. The largest absolute Gasteiger partial charge is 0.454 e. The SMILES string of the molecule is C[C@@H](OC(=O)CCc1ccccc1N=O)c1nc2cnc3c(ccn3C(=O)OC(C)(C)C)c2n1N1CCC(CC#N)CC1. The van der Waals surface area contributed by atoms with Crippen LogP contribution >= 0.6 is 0 Å². The second-order valence-electron chi connectivity index (χ2n) is 11.8. The molecule has 1 aromatic carbocycles. The Bertz CT molecular complexity index is 1700. The summed E-state index contributed by atoms with van der Waals surface area (Å²) in [5.41, 5.74) is 2.08. The van der Waals surface area contributed by atoms with Crippen molar-refractivity contribution in [3.8, 4) is 6.07 Å². The van der Waals surface area contributed by atoms with Gasteiger partial charge in [-0.1, -0.05) is 18.2 Å². The zero-order valence-electron chi connectivity index (χ0n) is 24.8. The van der Waals surface area contributed by atoms with Crippen molar-refractivity contribution in [2.75, 3.05) is 18.1 Å². The first-order valence-corrected chi connectivity index (χ1v) is 14.4. The average molecular weight is 586 g/mol. The molecular formula is C31H35N7O5. The fourth-order valence-corrected chi connectivity index (χ4v) is 5.47. The van der Waals surface area contributed by atoms with E-state index in [4.69, 9.17) is 14.5 Å². The van der Waals surface area contributed by atoms with Gasteiger partial charge in [-0.3, -0.25) is 4.79 Å². The van der Waals surface area contributed by atoms with Gasteiger partial charge in [-0.05, 0) is 75.7 Å². The lowest BCUT2D eigenvalue weighted by Gasteiger charge is -2.35. The van der Waals surface area contributed by atoms with E-state index in [1.165, 1.54) is 4.57 Å². The normalized spacial score (nSPS) is 14.9. The second kappa shape index (κ2) is 12.2. The fraction of sp³-hybridized carbons (Fsp3) is 0.452. The summed E-state index contributed by atoms with van der Waals surface area (Å²) in [6.07, 6.45) is 4.56. The minimum absolute atomic E-state index is 0.0706. The van der Waals surface area contributed by atoms with Crippen LogP contribution in [0.4, 0.5) is 10.5 Å². The molecule has 224 valence electrons. The van der Waals surface area contributed by atoms with Crippen LogP contribution in [0.15, 0.2) is 47.9 Å². The van der Waals surface area contributed by atoms with Gasteiger partial charge in [0.25, 0.3) is 0 Å². The summed E-state index contributed by atoms with van der Waals surface area (Å²) in [7, 11) is 0. The number of piperidine rings is 1. The predicted molar refractivity (Wildman–Crippen MR) is 160 cm³/mol. The van der Waals surface area contributed by atoms with Gasteiger partial charge in [0.2, 0.25) is 0 Å². The second-order valence-corrected chi connectivity index (χ2v) is 11.8. The van der Waals surface area contributed by atoms with Crippen molar-refractivity contribution in [3.05, 3.63) is 59.0 Å². The topological polar surface area (TPSA) is 145 Å². The number of nitriles is 1. The highest BCUT2D eigenvalue weighted by atomic mass is 16.6. The van der Waals surface area contributed by atoms with Crippen LogP contribution in [0.25, 0.3) is 22.1 Å². The van der Waals surface area contributed by atoms with Crippen molar-refractivity contribution in [2.24, 2.45) is 11.1 Å². The summed E-state index contributed by atoms with van der Waals surface area (Å²) < 4.78 is 14.8. The van der Waals surface area contributed by atoms with Gasteiger partial charge in [0.15, 0.2) is 17.6 Å². The van der Waals surface area contributed by atoms with Crippen LogP contribution in [0.3, 0.4) is 0 Å². The third-order valence-electron chi connectivity index (χ3n) is 7.53. The number of carbonyl (C=O) groups is 2. The molecule has 1 fully saturated rings. The van der Waals surface area contributed by atoms with Crippen molar-refractivity contribution in [3.63, 3.8) is 0 Å². The summed E-state index contributed by atoms with van der Waals surface area (Å²) in [5, 5.41) is 15.1. The molecule has 1 aliphatic heterocycles. The first-order chi connectivity index (χ1) is 20.6. The lowest BCUT2D eigenvalue weighted by Crippen LogP contribution is -2.43. The quantitative estimate of drug-likeness (QED) is 0.178. The van der Waals surface area contributed by atoms with E-state index >= 15 is 0 Å². The maximum atomic E-state index is 13.0. The van der Waals surface area contributed by atoms with Crippen LogP contribution in [-0.4, -0.2) is 50.0 Å². The van der Waals surface area contributed by atoms with E-state index in [1.807, 2.05) is 10.7 Å². The highest BCUT2D eigenvalue weighted by molar-refractivity contribution is 6.04. The number of imidazole rings is 1. The number of aromatic nitrogens is 4. The molecule has 12 heteroatoms. The van der Waals surface area contributed by atoms with Crippen LogP contribution < -0.4 is 5.01 Å². The molecule has 1 saturated heterocycles. The average Bonchev–Trinajstić information content (AvgIpc) is 3.58. The molecular weight excluding hydrogens is 550 g/mol. The van der Waals surface area contributed by atoms with Crippen molar-refractivity contribution in [2.45, 2.75) is 71.5 Å². The van der Waals surface area contributed by atoms with E-state index in [1.54, 1.807) is 64.4 Å². The molecule has 0 radical (unpaired) electrons. The highest BCUT2D eigenvalue weighted by Crippen LogP contribution is 2.32. The third kappa shape index (κ3) is 6.35. The van der Waals surface area contributed by atoms with Gasteiger partial charge >= 0.3 is 12.1 Å². The molecule has 1 aliphatic rings. The number of fused-ring (bicyclic) bond motifs is 3. The lowest BCUT2D eigenvalue weighted by atomic mass is 9.95. The molecule has 0 amide bonds. The Labute approximate surface area is 249 Å². The van der Waals surface area contributed by atoms with Gasteiger partial charge < -0.3 is 14.5 Å². The molecule has 0 bridgehead atoms. The third-order valence-corrected chi connectivity index (χ3v) is 7.53. The van der Waals surface area contributed by atoms with Crippen molar-refractivity contribution in [1.82, 2.24) is 19.2 Å². The maximum absolute atomic E-state index is 13.0. The van der Waals surface area contributed by atoms with Crippen LogP contribution in [0, 0.1) is 22.2 Å². The van der Waals surface area contributed by atoms with Crippen molar-refractivity contribution in [1.29, 1.82) is 5.26 Å². The molecule has 43 heavy (non-hydrogen) atoms. The number of carbonyl (C=O) groups excluding carboxylic acids is 2. The van der Waals surface area contributed by atoms with Crippen molar-refractivity contribution < 1.29 is 19.1 Å². The number of hydrogen-bond acceptors (Lipinski definition) is 10.